The van der Waals surface area contributed by atoms with Gasteiger partial charge in [0, 0.05) is 52.0 Å². The first-order valence-electron chi connectivity index (χ1n) is 8.11. The number of imidazole rings is 1. The number of halogens is 1. The number of benzene rings is 1. The van der Waals surface area contributed by atoms with Gasteiger partial charge in [0.05, 0.1) is 11.7 Å². The van der Waals surface area contributed by atoms with Crippen molar-refractivity contribution >= 4 is 11.6 Å². The molecule has 1 fully saturated rings. The van der Waals surface area contributed by atoms with E-state index < -0.39 is 5.82 Å². The van der Waals surface area contributed by atoms with Crippen LogP contribution in [0.1, 0.15) is 18.3 Å². The Morgan fingerprint density at radius 3 is 3.04 bits per heavy atom. The van der Waals surface area contributed by atoms with E-state index in [4.69, 9.17) is 0 Å². The standard InChI is InChI=1S/C17H22FN5O/c1-22-10-8-20-17(22)15-12-19-7-11-23(15)9-6-16(24)21-14-5-3-2-4-13(14)18/h2-5,8,10,15,19H,6-7,9,11-12H2,1H3,(H,21,24). The van der Waals surface area contributed by atoms with Gasteiger partial charge in [0.2, 0.25) is 5.91 Å². The number of hydrogen-bond donors (Lipinski definition) is 2. The number of anilines is 1. The molecule has 0 saturated carbocycles. The lowest BCUT2D eigenvalue weighted by Gasteiger charge is -2.35. The first-order valence-corrected chi connectivity index (χ1v) is 8.11. The minimum absolute atomic E-state index is 0.139. The summed E-state index contributed by atoms with van der Waals surface area (Å²) in [5.74, 6) is 0.382. The van der Waals surface area contributed by atoms with E-state index in [0.717, 1.165) is 25.5 Å². The Kier molecular flexibility index (Phi) is 5.22. The molecule has 2 heterocycles. The molecule has 1 aliphatic heterocycles. The van der Waals surface area contributed by atoms with Crippen LogP contribution in [0, 0.1) is 5.82 Å². The number of aryl methyl sites for hydroxylation is 1. The van der Waals surface area contributed by atoms with Gasteiger partial charge in [0.25, 0.3) is 0 Å². The fourth-order valence-corrected chi connectivity index (χ4v) is 2.99. The molecule has 0 bridgehead atoms. The number of amides is 1. The maximum absolute atomic E-state index is 13.6. The molecule has 6 nitrogen and oxygen atoms in total. The second-order valence-electron chi connectivity index (χ2n) is 5.93. The summed E-state index contributed by atoms with van der Waals surface area (Å²) in [6.07, 6.45) is 4.02. The van der Waals surface area contributed by atoms with Crippen LogP contribution in [-0.4, -0.2) is 46.5 Å². The van der Waals surface area contributed by atoms with Crippen LogP contribution in [0.15, 0.2) is 36.7 Å². The molecule has 0 spiro atoms. The lowest BCUT2D eigenvalue weighted by atomic mass is 10.1. The summed E-state index contributed by atoms with van der Waals surface area (Å²) in [6, 6.07) is 6.34. The van der Waals surface area contributed by atoms with Gasteiger partial charge in [-0.3, -0.25) is 9.69 Å². The zero-order valence-corrected chi connectivity index (χ0v) is 13.7. The number of carbonyl (C=O) groups is 1. The van der Waals surface area contributed by atoms with Crippen LogP contribution in [0.5, 0.6) is 0 Å². The van der Waals surface area contributed by atoms with E-state index in [-0.39, 0.29) is 17.6 Å². The third-order valence-electron chi connectivity index (χ3n) is 4.28. The number of hydrogen-bond acceptors (Lipinski definition) is 4. The van der Waals surface area contributed by atoms with E-state index >= 15 is 0 Å². The third-order valence-corrected chi connectivity index (χ3v) is 4.28. The Morgan fingerprint density at radius 1 is 1.46 bits per heavy atom. The smallest absolute Gasteiger partial charge is 0.225 e. The molecule has 7 heteroatoms. The lowest BCUT2D eigenvalue weighted by Crippen LogP contribution is -2.47. The predicted molar refractivity (Wildman–Crippen MR) is 90.0 cm³/mol. The van der Waals surface area contributed by atoms with E-state index in [1.54, 1.807) is 24.4 Å². The van der Waals surface area contributed by atoms with E-state index in [0.29, 0.717) is 13.0 Å². The molecular weight excluding hydrogens is 309 g/mol. The number of nitrogens with zero attached hydrogens (tertiary/aromatic N) is 3. The van der Waals surface area contributed by atoms with Crippen molar-refractivity contribution in [2.24, 2.45) is 7.05 Å². The zero-order chi connectivity index (χ0) is 16.9. The number of piperazine rings is 1. The Morgan fingerprint density at radius 2 is 2.29 bits per heavy atom. The highest BCUT2D eigenvalue weighted by atomic mass is 19.1. The minimum Gasteiger partial charge on any atom is -0.337 e. The van der Waals surface area contributed by atoms with Crippen molar-refractivity contribution in [3.8, 4) is 0 Å². The lowest BCUT2D eigenvalue weighted by molar-refractivity contribution is -0.116. The van der Waals surface area contributed by atoms with Crippen LogP contribution in [0.2, 0.25) is 0 Å². The molecule has 1 unspecified atom stereocenters. The largest absolute Gasteiger partial charge is 0.337 e. The minimum atomic E-state index is -0.418. The van der Waals surface area contributed by atoms with E-state index in [1.807, 2.05) is 17.8 Å². The Hall–Kier alpha value is -2.25. The first kappa shape index (κ1) is 16.6. The predicted octanol–water partition coefficient (Wildman–Crippen LogP) is 1.53. The number of rotatable bonds is 5. The molecule has 1 amide bonds. The molecule has 1 atom stereocenters. The number of aromatic nitrogens is 2. The molecule has 3 rings (SSSR count). The highest BCUT2D eigenvalue weighted by molar-refractivity contribution is 5.90. The van der Waals surface area contributed by atoms with Crippen LogP contribution in [0.3, 0.4) is 0 Å². The Bertz CT molecular complexity index is 702. The Balaban J connectivity index is 1.59. The van der Waals surface area contributed by atoms with Gasteiger partial charge in [-0.05, 0) is 12.1 Å². The van der Waals surface area contributed by atoms with Crippen molar-refractivity contribution in [2.75, 3.05) is 31.5 Å². The van der Waals surface area contributed by atoms with E-state index in [2.05, 4.69) is 20.5 Å². The van der Waals surface area contributed by atoms with Crippen LogP contribution in [-0.2, 0) is 11.8 Å². The maximum Gasteiger partial charge on any atom is 0.225 e. The molecule has 1 aromatic heterocycles. The normalized spacial score (nSPS) is 18.5. The zero-order valence-electron chi connectivity index (χ0n) is 13.7. The summed E-state index contributed by atoms with van der Waals surface area (Å²) in [4.78, 5) is 18.8. The van der Waals surface area contributed by atoms with E-state index in [9.17, 15) is 9.18 Å². The first-order chi connectivity index (χ1) is 11.6. The third kappa shape index (κ3) is 3.80. The second-order valence-corrected chi connectivity index (χ2v) is 5.93. The molecule has 24 heavy (non-hydrogen) atoms. The topological polar surface area (TPSA) is 62.2 Å². The van der Waals surface area contributed by atoms with E-state index in [1.165, 1.54) is 6.07 Å². The van der Waals surface area contributed by atoms with Gasteiger partial charge in [-0.25, -0.2) is 9.37 Å². The van der Waals surface area contributed by atoms with Crippen molar-refractivity contribution in [1.82, 2.24) is 19.8 Å². The number of carbonyl (C=O) groups excluding carboxylic acids is 1. The second kappa shape index (κ2) is 7.55. The van der Waals surface area contributed by atoms with Crippen LogP contribution in [0.25, 0.3) is 0 Å². The van der Waals surface area contributed by atoms with Gasteiger partial charge >= 0.3 is 0 Å². The van der Waals surface area contributed by atoms with Gasteiger partial charge in [0.1, 0.15) is 11.6 Å². The highest BCUT2D eigenvalue weighted by Gasteiger charge is 2.26. The average Bonchev–Trinajstić information content (AvgIpc) is 3.01. The van der Waals surface area contributed by atoms with Crippen LogP contribution < -0.4 is 10.6 Å². The average molecular weight is 331 g/mol. The molecule has 0 radical (unpaired) electrons. The van der Waals surface area contributed by atoms with Crippen molar-refractivity contribution < 1.29 is 9.18 Å². The fourth-order valence-electron chi connectivity index (χ4n) is 2.99. The fraction of sp³-hybridized carbons (Fsp3) is 0.412. The van der Waals surface area contributed by atoms with Gasteiger partial charge < -0.3 is 15.2 Å². The van der Waals surface area contributed by atoms with Gasteiger partial charge in [0.15, 0.2) is 0 Å². The maximum atomic E-state index is 13.6. The summed E-state index contributed by atoms with van der Waals surface area (Å²) in [5, 5.41) is 6.00. The Labute approximate surface area is 140 Å². The van der Waals surface area contributed by atoms with Gasteiger partial charge in [-0.2, -0.15) is 0 Å². The molecular formula is C17H22FN5O. The summed E-state index contributed by atoms with van der Waals surface area (Å²) in [7, 11) is 1.97. The summed E-state index contributed by atoms with van der Waals surface area (Å²) < 4.78 is 15.6. The van der Waals surface area contributed by atoms with Crippen LogP contribution in [0.4, 0.5) is 10.1 Å². The molecule has 128 valence electrons. The van der Waals surface area contributed by atoms with Crippen molar-refractivity contribution in [1.29, 1.82) is 0 Å². The molecule has 2 N–H and O–H groups in total. The molecule has 1 aliphatic rings. The van der Waals surface area contributed by atoms with Gasteiger partial charge in [-0.15, -0.1) is 0 Å². The number of para-hydroxylation sites is 1. The van der Waals surface area contributed by atoms with Crippen molar-refractivity contribution in [3.63, 3.8) is 0 Å². The molecule has 1 aromatic carbocycles. The summed E-state index contributed by atoms with van der Waals surface area (Å²) in [6.45, 7) is 3.15. The van der Waals surface area contributed by atoms with Crippen molar-refractivity contribution in [3.05, 3.63) is 48.3 Å². The summed E-state index contributed by atoms with van der Waals surface area (Å²) >= 11 is 0. The quantitative estimate of drug-likeness (QED) is 0.872. The number of nitrogens with one attached hydrogen (secondary N) is 2. The van der Waals surface area contributed by atoms with Crippen molar-refractivity contribution in [2.45, 2.75) is 12.5 Å². The molecule has 0 aliphatic carbocycles. The monoisotopic (exact) mass is 331 g/mol. The summed E-state index contributed by atoms with van der Waals surface area (Å²) in [5.41, 5.74) is 0.225. The SMILES string of the molecule is Cn1ccnc1C1CNCCN1CCC(=O)Nc1ccccc1F. The molecule has 1 saturated heterocycles. The molecule has 2 aromatic rings. The highest BCUT2D eigenvalue weighted by Crippen LogP contribution is 2.20. The van der Waals surface area contributed by atoms with Gasteiger partial charge in [-0.1, -0.05) is 12.1 Å². The van der Waals surface area contributed by atoms with Crippen LogP contribution >= 0.6 is 0 Å².